The number of imide groups is 1. The number of fused-ring (bicyclic) bond motifs is 1. The second-order valence-electron chi connectivity index (χ2n) is 7.78. The van der Waals surface area contributed by atoms with Crippen LogP contribution in [0.3, 0.4) is 0 Å². The van der Waals surface area contributed by atoms with Gasteiger partial charge in [-0.3, -0.25) is 14.4 Å². The number of hydrogen-bond acceptors (Lipinski definition) is 5. The van der Waals surface area contributed by atoms with Crippen molar-refractivity contribution < 1.29 is 19.2 Å². The first-order valence-corrected chi connectivity index (χ1v) is 10.2. The number of carbonyl (C=O) groups excluding carboxylic acids is 2. The molecule has 156 valence electrons. The Morgan fingerprint density at radius 1 is 0.806 bits per heavy atom. The van der Waals surface area contributed by atoms with Crippen LogP contribution in [0.4, 0.5) is 11.4 Å². The summed E-state index contributed by atoms with van der Waals surface area (Å²) >= 11 is 0. The summed E-state index contributed by atoms with van der Waals surface area (Å²) in [6.45, 7) is 1.97. The van der Waals surface area contributed by atoms with Crippen LogP contribution in [-0.4, -0.2) is 25.0 Å². The summed E-state index contributed by atoms with van der Waals surface area (Å²) in [5, 5.41) is 1.69. The van der Waals surface area contributed by atoms with Crippen molar-refractivity contribution >= 4 is 23.2 Å². The average Bonchev–Trinajstić information content (AvgIpc) is 3.31. The zero-order chi connectivity index (χ0) is 21.5. The van der Waals surface area contributed by atoms with Gasteiger partial charge in [0.2, 0.25) is 5.91 Å². The van der Waals surface area contributed by atoms with Crippen molar-refractivity contribution in [2.45, 2.75) is 19.1 Å². The van der Waals surface area contributed by atoms with Gasteiger partial charge in [-0.15, -0.1) is 0 Å². The fraction of sp³-hybridized carbons (Fsp3) is 0.200. The summed E-state index contributed by atoms with van der Waals surface area (Å²) in [6.07, 6.45) is -0.874. The molecule has 6 heteroatoms. The number of ether oxygens (including phenoxy) is 1. The number of anilines is 2. The van der Waals surface area contributed by atoms with E-state index in [0.717, 1.165) is 22.6 Å². The Kier molecular flexibility index (Phi) is 4.71. The molecular formula is C25H22N2O4. The minimum Gasteiger partial charge on any atom is -0.497 e. The fourth-order valence-corrected chi connectivity index (χ4v) is 4.30. The SMILES string of the molecule is COc1ccc(N2O[C@H]3C(=O)N(c4ccc(C)cc4)C(=O)[C@H]3[C@@H]2c2ccccc2)cc1. The number of carbonyl (C=O) groups is 2. The van der Waals surface area contributed by atoms with E-state index in [1.165, 1.54) is 4.90 Å². The van der Waals surface area contributed by atoms with Gasteiger partial charge >= 0.3 is 0 Å². The van der Waals surface area contributed by atoms with E-state index in [9.17, 15) is 9.59 Å². The van der Waals surface area contributed by atoms with Crippen LogP contribution in [0.1, 0.15) is 17.2 Å². The van der Waals surface area contributed by atoms with E-state index < -0.39 is 18.1 Å². The molecule has 0 aromatic heterocycles. The predicted octanol–water partition coefficient (Wildman–Crippen LogP) is 4.05. The number of hydrogen-bond donors (Lipinski definition) is 0. The minimum atomic E-state index is -0.874. The summed E-state index contributed by atoms with van der Waals surface area (Å²) < 4.78 is 5.25. The number of nitrogens with zero attached hydrogens (tertiary/aromatic N) is 2. The van der Waals surface area contributed by atoms with E-state index in [4.69, 9.17) is 9.57 Å². The zero-order valence-corrected chi connectivity index (χ0v) is 17.3. The Balaban J connectivity index is 1.55. The molecule has 3 aromatic rings. The van der Waals surface area contributed by atoms with Crippen LogP contribution in [0.2, 0.25) is 0 Å². The Morgan fingerprint density at radius 2 is 1.45 bits per heavy atom. The van der Waals surface area contributed by atoms with Crippen molar-refractivity contribution in [2.75, 3.05) is 17.1 Å². The van der Waals surface area contributed by atoms with Crippen molar-refractivity contribution in [1.82, 2.24) is 0 Å². The second-order valence-corrected chi connectivity index (χ2v) is 7.78. The van der Waals surface area contributed by atoms with Gasteiger partial charge in [0.1, 0.15) is 11.7 Å². The monoisotopic (exact) mass is 414 g/mol. The third-order valence-electron chi connectivity index (χ3n) is 5.88. The van der Waals surface area contributed by atoms with Crippen molar-refractivity contribution in [3.8, 4) is 5.75 Å². The van der Waals surface area contributed by atoms with Crippen molar-refractivity contribution in [1.29, 1.82) is 0 Å². The molecule has 3 atom stereocenters. The third kappa shape index (κ3) is 3.16. The molecule has 0 unspecified atom stereocenters. The predicted molar refractivity (Wildman–Crippen MR) is 117 cm³/mol. The van der Waals surface area contributed by atoms with Gasteiger partial charge in [-0.1, -0.05) is 48.0 Å². The lowest BCUT2D eigenvalue weighted by Gasteiger charge is -2.28. The minimum absolute atomic E-state index is 0.247. The molecule has 0 bridgehead atoms. The molecule has 2 aliphatic rings. The molecule has 2 aliphatic heterocycles. The second kappa shape index (κ2) is 7.56. The van der Waals surface area contributed by atoms with Gasteiger partial charge in [0.05, 0.1) is 24.5 Å². The van der Waals surface area contributed by atoms with Gasteiger partial charge in [-0.2, -0.15) is 0 Å². The van der Waals surface area contributed by atoms with Crippen molar-refractivity contribution in [3.63, 3.8) is 0 Å². The molecular weight excluding hydrogens is 392 g/mol. The standard InChI is InChI=1S/C25H22N2O4/c1-16-8-10-18(11-9-16)26-24(28)21-22(17-6-4-3-5-7-17)27(31-23(21)25(26)29)19-12-14-20(30-2)15-13-19/h3-15,21-23H,1-2H3/t21-,22-,23+/m0/s1. The normalized spacial score (nSPS) is 22.7. The zero-order valence-electron chi connectivity index (χ0n) is 17.3. The number of benzene rings is 3. The summed E-state index contributed by atoms with van der Waals surface area (Å²) in [6, 6.07) is 24.0. The highest BCUT2D eigenvalue weighted by atomic mass is 16.7. The lowest BCUT2D eigenvalue weighted by molar-refractivity contribution is -0.126. The van der Waals surface area contributed by atoms with Gasteiger partial charge in [-0.05, 0) is 48.9 Å². The van der Waals surface area contributed by atoms with E-state index in [-0.39, 0.29) is 11.8 Å². The molecule has 5 rings (SSSR count). The molecule has 6 nitrogen and oxygen atoms in total. The van der Waals surface area contributed by atoms with Crippen LogP contribution in [0.5, 0.6) is 5.75 Å². The van der Waals surface area contributed by atoms with E-state index >= 15 is 0 Å². The molecule has 0 saturated carbocycles. The lowest BCUT2D eigenvalue weighted by Crippen LogP contribution is -2.37. The first-order valence-electron chi connectivity index (χ1n) is 10.2. The summed E-state index contributed by atoms with van der Waals surface area (Å²) in [5.74, 6) is -0.505. The molecule has 2 fully saturated rings. The van der Waals surface area contributed by atoms with E-state index in [1.807, 2.05) is 73.7 Å². The van der Waals surface area contributed by atoms with Gasteiger partial charge in [-0.25, -0.2) is 9.96 Å². The molecule has 2 heterocycles. The van der Waals surface area contributed by atoms with Crippen LogP contribution < -0.4 is 14.7 Å². The van der Waals surface area contributed by atoms with Gasteiger partial charge in [0.15, 0.2) is 6.10 Å². The first kappa shape index (κ1) is 19.3. The van der Waals surface area contributed by atoms with Crippen LogP contribution >= 0.6 is 0 Å². The maximum Gasteiger partial charge on any atom is 0.266 e. The molecule has 0 spiro atoms. The highest BCUT2D eigenvalue weighted by molar-refractivity contribution is 6.23. The number of aryl methyl sites for hydroxylation is 1. The summed E-state index contributed by atoms with van der Waals surface area (Å²) in [5.41, 5.74) is 3.30. The van der Waals surface area contributed by atoms with E-state index in [1.54, 1.807) is 24.3 Å². The summed E-state index contributed by atoms with van der Waals surface area (Å²) in [7, 11) is 1.61. The van der Waals surface area contributed by atoms with Crippen LogP contribution in [-0.2, 0) is 14.4 Å². The Labute approximate surface area is 180 Å². The van der Waals surface area contributed by atoms with Gasteiger partial charge in [0, 0.05) is 0 Å². The topological polar surface area (TPSA) is 59.1 Å². The lowest BCUT2D eigenvalue weighted by atomic mass is 9.90. The largest absolute Gasteiger partial charge is 0.497 e. The maximum absolute atomic E-state index is 13.5. The number of hydroxylamine groups is 1. The number of amides is 2. The highest BCUT2D eigenvalue weighted by Gasteiger charge is 2.60. The van der Waals surface area contributed by atoms with Crippen molar-refractivity contribution in [2.24, 2.45) is 5.92 Å². The Morgan fingerprint density at radius 3 is 2.10 bits per heavy atom. The Bertz CT molecular complexity index is 1110. The van der Waals surface area contributed by atoms with Crippen LogP contribution in [0.15, 0.2) is 78.9 Å². The fourth-order valence-electron chi connectivity index (χ4n) is 4.30. The summed E-state index contributed by atoms with van der Waals surface area (Å²) in [4.78, 5) is 34.2. The third-order valence-corrected chi connectivity index (χ3v) is 5.88. The highest BCUT2D eigenvalue weighted by Crippen LogP contribution is 2.47. The Hall–Kier alpha value is -3.64. The smallest absolute Gasteiger partial charge is 0.266 e. The quantitative estimate of drug-likeness (QED) is 0.603. The van der Waals surface area contributed by atoms with E-state index in [2.05, 4.69) is 0 Å². The molecule has 3 aromatic carbocycles. The molecule has 0 aliphatic carbocycles. The van der Waals surface area contributed by atoms with Crippen molar-refractivity contribution in [3.05, 3.63) is 90.0 Å². The van der Waals surface area contributed by atoms with Crippen LogP contribution in [0.25, 0.3) is 0 Å². The molecule has 2 amide bonds. The molecule has 2 saturated heterocycles. The first-order chi connectivity index (χ1) is 15.1. The van der Waals surface area contributed by atoms with Crippen LogP contribution in [0, 0.1) is 12.8 Å². The molecule has 0 radical (unpaired) electrons. The molecule has 31 heavy (non-hydrogen) atoms. The number of methoxy groups -OCH3 is 1. The van der Waals surface area contributed by atoms with E-state index in [0.29, 0.717) is 5.69 Å². The maximum atomic E-state index is 13.5. The molecule has 0 N–H and O–H groups in total. The van der Waals surface area contributed by atoms with Gasteiger partial charge in [0.25, 0.3) is 5.91 Å². The number of rotatable bonds is 4. The average molecular weight is 414 g/mol. The van der Waals surface area contributed by atoms with Gasteiger partial charge < -0.3 is 4.74 Å².